The summed E-state index contributed by atoms with van der Waals surface area (Å²) < 4.78 is 0. The number of phenolic OH excluding ortho intramolecular Hbond substituents is 1. The molecule has 0 aliphatic rings. The minimum atomic E-state index is -0.546. The van der Waals surface area contributed by atoms with Crippen LogP contribution < -0.4 is 11.1 Å². The van der Waals surface area contributed by atoms with Crippen molar-refractivity contribution in [3.05, 3.63) is 23.8 Å². The summed E-state index contributed by atoms with van der Waals surface area (Å²) in [4.78, 5) is 11.8. The van der Waals surface area contributed by atoms with E-state index in [1.165, 1.54) is 0 Å². The Hall–Kier alpha value is -1.55. The monoisotopic (exact) mass is 236 g/mol. The number of hydrogen-bond acceptors (Lipinski definition) is 3. The predicted molar refractivity (Wildman–Crippen MR) is 68.9 cm³/mol. The molecule has 0 spiro atoms. The highest BCUT2D eigenvalue weighted by Gasteiger charge is 2.16. The van der Waals surface area contributed by atoms with Crippen molar-refractivity contribution in [1.82, 2.24) is 0 Å². The predicted octanol–water partition coefficient (Wildman–Crippen LogP) is 2.01. The zero-order valence-corrected chi connectivity index (χ0v) is 10.5. The van der Waals surface area contributed by atoms with Gasteiger partial charge in [0.25, 0.3) is 0 Å². The van der Waals surface area contributed by atoms with E-state index in [0.29, 0.717) is 18.0 Å². The molecule has 0 saturated carbocycles. The Kier molecular flexibility index (Phi) is 4.52. The molecule has 0 aliphatic carbocycles. The van der Waals surface area contributed by atoms with Crippen LogP contribution in [0.4, 0.5) is 5.69 Å². The van der Waals surface area contributed by atoms with Gasteiger partial charge in [0.2, 0.25) is 5.91 Å². The van der Waals surface area contributed by atoms with Gasteiger partial charge in [-0.25, -0.2) is 0 Å². The van der Waals surface area contributed by atoms with Gasteiger partial charge in [-0.05, 0) is 30.9 Å². The fourth-order valence-electron chi connectivity index (χ4n) is 1.60. The molecule has 0 unspecified atom stereocenters. The summed E-state index contributed by atoms with van der Waals surface area (Å²) in [5, 5.41) is 12.4. The van der Waals surface area contributed by atoms with E-state index in [1.54, 1.807) is 25.1 Å². The lowest BCUT2D eigenvalue weighted by Crippen LogP contribution is -2.36. The van der Waals surface area contributed by atoms with Crippen molar-refractivity contribution in [2.24, 2.45) is 11.7 Å². The van der Waals surface area contributed by atoms with Crippen LogP contribution in [0.5, 0.6) is 5.75 Å². The summed E-state index contributed by atoms with van der Waals surface area (Å²) in [6.07, 6.45) is 0.623. The Morgan fingerprint density at radius 3 is 2.71 bits per heavy atom. The van der Waals surface area contributed by atoms with Crippen LogP contribution in [0.25, 0.3) is 0 Å². The molecule has 1 atom stereocenters. The van der Waals surface area contributed by atoms with Crippen molar-refractivity contribution in [2.45, 2.75) is 33.2 Å². The smallest absolute Gasteiger partial charge is 0.241 e. The summed E-state index contributed by atoms with van der Waals surface area (Å²) in [5.41, 5.74) is 6.89. The molecule has 1 aromatic carbocycles. The zero-order valence-electron chi connectivity index (χ0n) is 10.5. The standard InChI is InChI=1S/C13H20N2O2/c1-8(2)7-10(14)13(17)15-11-6-4-5-9(3)12(11)16/h4-6,8,10,16H,7,14H2,1-3H3,(H,15,17)/t10-/m1/s1. The Morgan fingerprint density at radius 2 is 2.12 bits per heavy atom. The third-order valence-electron chi connectivity index (χ3n) is 2.56. The van der Waals surface area contributed by atoms with E-state index in [2.05, 4.69) is 5.32 Å². The second kappa shape index (κ2) is 5.68. The van der Waals surface area contributed by atoms with Gasteiger partial charge in [0.15, 0.2) is 0 Å². The lowest BCUT2D eigenvalue weighted by atomic mass is 10.0. The van der Waals surface area contributed by atoms with Gasteiger partial charge in [-0.15, -0.1) is 0 Å². The van der Waals surface area contributed by atoms with Gasteiger partial charge >= 0.3 is 0 Å². The van der Waals surface area contributed by atoms with Gasteiger partial charge in [-0.3, -0.25) is 4.79 Å². The molecule has 1 rings (SSSR count). The first-order valence-corrected chi connectivity index (χ1v) is 5.76. The highest BCUT2D eigenvalue weighted by atomic mass is 16.3. The molecule has 0 radical (unpaired) electrons. The molecule has 4 nitrogen and oxygen atoms in total. The summed E-state index contributed by atoms with van der Waals surface area (Å²) in [6.45, 7) is 5.80. The molecular weight excluding hydrogens is 216 g/mol. The highest BCUT2D eigenvalue weighted by Crippen LogP contribution is 2.26. The number of anilines is 1. The average Bonchev–Trinajstić information content (AvgIpc) is 2.23. The van der Waals surface area contributed by atoms with Gasteiger partial charge in [0.1, 0.15) is 5.75 Å². The molecule has 1 amide bonds. The van der Waals surface area contributed by atoms with E-state index in [-0.39, 0.29) is 11.7 Å². The number of aromatic hydroxyl groups is 1. The molecule has 4 N–H and O–H groups in total. The first-order chi connectivity index (χ1) is 7.91. The quantitative estimate of drug-likeness (QED) is 0.700. The Bertz CT molecular complexity index is 402. The van der Waals surface area contributed by atoms with E-state index in [0.717, 1.165) is 5.56 Å². The molecule has 0 heterocycles. The molecule has 0 aliphatic heterocycles. The minimum Gasteiger partial charge on any atom is -0.505 e. The summed E-state index contributed by atoms with van der Waals surface area (Å²) in [7, 11) is 0. The average molecular weight is 236 g/mol. The third-order valence-corrected chi connectivity index (χ3v) is 2.56. The zero-order chi connectivity index (χ0) is 13.0. The van der Waals surface area contributed by atoms with Gasteiger partial charge in [0.05, 0.1) is 11.7 Å². The Morgan fingerprint density at radius 1 is 1.47 bits per heavy atom. The van der Waals surface area contributed by atoms with Gasteiger partial charge < -0.3 is 16.2 Å². The van der Waals surface area contributed by atoms with E-state index < -0.39 is 6.04 Å². The summed E-state index contributed by atoms with van der Waals surface area (Å²) >= 11 is 0. The number of para-hydroxylation sites is 1. The second-order valence-electron chi connectivity index (χ2n) is 4.70. The summed E-state index contributed by atoms with van der Waals surface area (Å²) in [5.74, 6) is 0.194. The molecule has 1 aromatic rings. The van der Waals surface area contributed by atoms with Gasteiger partial charge in [-0.1, -0.05) is 26.0 Å². The first-order valence-electron chi connectivity index (χ1n) is 5.76. The normalized spacial score (nSPS) is 12.5. The van der Waals surface area contributed by atoms with Crippen LogP contribution in [-0.2, 0) is 4.79 Å². The Balaban J connectivity index is 2.71. The largest absolute Gasteiger partial charge is 0.505 e. The van der Waals surface area contributed by atoms with Gasteiger partial charge in [0, 0.05) is 0 Å². The molecule has 0 aromatic heterocycles. The van der Waals surface area contributed by atoms with Crippen LogP contribution in [0.1, 0.15) is 25.8 Å². The van der Waals surface area contributed by atoms with Crippen molar-refractivity contribution in [3.8, 4) is 5.75 Å². The molecule has 0 saturated heterocycles. The minimum absolute atomic E-state index is 0.0950. The second-order valence-corrected chi connectivity index (χ2v) is 4.70. The number of carbonyl (C=O) groups excluding carboxylic acids is 1. The third kappa shape index (κ3) is 3.75. The van der Waals surface area contributed by atoms with Crippen LogP contribution in [0.3, 0.4) is 0 Å². The number of aryl methyl sites for hydroxylation is 1. The maximum Gasteiger partial charge on any atom is 0.241 e. The maximum absolute atomic E-state index is 11.8. The van der Waals surface area contributed by atoms with Crippen molar-refractivity contribution >= 4 is 11.6 Å². The van der Waals surface area contributed by atoms with Crippen molar-refractivity contribution < 1.29 is 9.90 Å². The molecule has 94 valence electrons. The molecule has 0 fully saturated rings. The topological polar surface area (TPSA) is 75.4 Å². The molecule has 17 heavy (non-hydrogen) atoms. The molecular formula is C13H20N2O2. The number of carbonyl (C=O) groups is 1. The number of nitrogens with two attached hydrogens (primary N) is 1. The lowest BCUT2D eigenvalue weighted by Gasteiger charge is -2.15. The van der Waals surface area contributed by atoms with E-state index in [9.17, 15) is 9.90 Å². The number of rotatable bonds is 4. The molecule has 0 bridgehead atoms. The van der Waals surface area contributed by atoms with Crippen molar-refractivity contribution in [2.75, 3.05) is 5.32 Å². The summed E-state index contributed by atoms with van der Waals surface area (Å²) in [6, 6.07) is 4.66. The van der Waals surface area contributed by atoms with Crippen LogP contribution in [-0.4, -0.2) is 17.1 Å². The van der Waals surface area contributed by atoms with Crippen LogP contribution in [0.2, 0.25) is 0 Å². The van der Waals surface area contributed by atoms with Crippen LogP contribution >= 0.6 is 0 Å². The van der Waals surface area contributed by atoms with E-state index >= 15 is 0 Å². The Labute approximate surface area is 102 Å². The van der Waals surface area contributed by atoms with Crippen molar-refractivity contribution in [1.29, 1.82) is 0 Å². The fourth-order valence-corrected chi connectivity index (χ4v) is 1.60. The van der Waals surface area contributed by atoms with E-state index in [4.69, 9.17) is 5.73 Å². The highest BCUT2D eigenvalue weighted by molar-refractivity contribution is 5.96. The first kappa shape index (κ1) is 13.5. The molecule has 4 heteroatoms. The number of benzene rings is 1. The number of phenols is 1. The van der Waals surface area contributed by atoms with E-state index in [1.807, 2.05) is 13.8 Å². The fraction of sp³-hybridized carbons (Fsp3) is 0.462. The number of nitrogens with one attached hydrogen (secondary N) is 1. The van der Waals surface area contributed by atoms with Crippen LogP contribution in [0, 0.1) is 12.8 Å². The lowest BCUT2D eigenvalue weighted by molar-refractivity contribution is -0.117. The van der Waals surface area contributed by atoms with Gasteiger partial charge in [-0.2, -0.15) is 0 Å². The SMILES string of the molecule is Cc1cccc(NC(=O)[C@H](N)CC(C)C)c1O. The van der Waals surface area contributed by atoms with Crippen LogP contribution in [0.15, 0.2) is 18.2 Å². The number of amides is 1. The van der Waals surface area contributed by atoms with Crippen molar-refractivity contribution in [3.63, 3.8) is 0 Å². The maximum atomic E-state index is 11.8. The number of hydrogen-bond donors (Lipinski definition) is 3.